The third-order valence-corrected chi connectivity index (χ3v) is 4.94. The van der Waals surface area contributed by atoms with E-state index in [9.17, 15) is 9.90 Å². The maximum atomic E-state index is 12.0. The standard InChI is InChI=1S/C25H29NO3/c27-23(13-11-21-7-4-9-24(28)19-21)14-12-22-8-5-10-25(20-22)29-18-6-17-26-15-2-1-3-16-26/h4-5,7-14,19-20,28H,1-3,6,15-18H2/b13-11+,14-12+. The highest BCUT2D eigenvalue weighted by Gasteiger charge is 2.09. The van der Waals surface area contributed by atoms with Crippen molar-refractivity contribution in [1.82, 2.24) is 4.90 Å². The first-order valence-electron chi connectivity index (χ1n) is 10.3. The third-order valence-electron chi connectivity index (χ3n) is 4.94. The highest BCUT2D eigenvalue weighted by Crippen LogP contribution is 2.16. The lowest BCUT2D eigenvalue weighted by Crippen LogP contribution is -2.31. The molecule has 1 fully saturated rings. The minimum absolute atomic E-state index is 0.110. The van der Waals surface area contributed by atoms with Crippen LogP contribution in [0.15, 0.2) is 60.7 Å². The van der Waals surface area contributed by atoms with Crippen LogP contribution in [0.4, 0.5) is 0 Å². The molecular weight excluding hydrogens is 362 g/mol. The number of likely N-dealkylation sites (tertiary alicyclic amines) is 1. The molecule has 1 aliphatic heterocycles. The number of allylic oxidation sites excluding steroid dienone is 2. The number of carbonyl (C=O) groups is 1. The SMILES string of the molecule is O=C(/C=C/c1cccc(O)c1)/C=C/c1cccc(OCCCN2CCCCC2)c1. The third kappa shape index (κ3) is 7.59. The lowest BCUT2D eigenvalue weighted by Gasteiger charge is -2.26. The molecule has 1 saturated heterocycles. The van der Waals surface area contributed by atoms with Gasteiger partial charge < -0.3 is 14.7 Å². The minimum Gasteiger partial charge on any atom is -0.508 e. The van der Waals surface area contributed by atoms with Crippen molar-refractivity contribution in [1.29, 1.82) is 0 Å². The molecule has 0 saturated carbocycles. The maximum absolute atomic E-state index is 12.0. The van der Waals surface area contributed by atoms with E-state index in [2.05, 4.69) is 4.90 Å². The Labute approximate surface area is 173 Å². The van der Waals surface area contributed by atoms with Gasteiger partial charge in [-0.2, -0.15) is 0 Å². The van der Waals surface area contributed by atoms with E-state index in [4.69, 9.17) is 4.74 Å². The fourth-order valence-corrected chi connectivity index (χ4v) is 3.41. The average Bonchev–Trinajstić information content (AvgIpc) is 2.75. The fraction of sp³-hybridized carbons (Fsp3) is 0.320. The molecule has 0 aliphatic carbocycles. The van der Waals surface area contributed by atoms with Crippen molar-refractivity contribution in [3.05, 3.63) is 71.8 Å². The van der Waals surface area contributed by atoms with Crippen LogP contribution >= 0.6 is 0 Å². The molecule has 2 aromatic rings. The Morgan fingerprint density at radius 1 is 0.966 bits per heavy atom. The van der Waals surface area contributed by atoms with Crippen molar-refractivity contribution < 1.29 is 14.6 Å². The maximum Gasteiger partial charge on any atom is 0.178 e. The van der Waals surface area contributed by atoms with Gasteiger partial charge in [0.2, 0.25) is 0 Å². The van der Waals surface area contributed by atoms with Gasteiger partial charge in [-0.15, -0.1) is 0 Å². The van der Waals surface area contributed by atoms with Crippen LogP contribution in [-0.2, 0) is 4.79 Å². The molecule has 0 bridgehead atoms. The molecule has 0 amide bonds. The number of nitrogens with zero attached hydrogens (tertiary/aromatic N) is 1. The van der Waals surface area contributed by atoms with Crippen LogP contribution in [-0.4, -0.2) is 42.0 Å². The van der Waals surface area contributed by atoms with Gasteiger partial charge >= 0.3 is 0 Å². The highest BCUT2D eigenvalue weighted by molar-refractivity contribution is 6.04. The van der Waals surface area contributed by atoms with Gasteiger partial charge in [0.05, 0.1) is 6.61 Å². The summed E-state index contributed by atoms with van der Waals surface area (Å²) in [6.45, 7) is 4.23. The summed E-state index contributed by atoms with van der Waals surface area (Å²) in [7, 11) is 0. The first kappa shape index (κ1) is 20.9. The van der Waals surface area contributed by atoms with Gasteiger partial charge in [-0.1, -0.05) is 42.8 Å². The number of piperidine rings is 1. The Morgan fingerprint density at radius 3 is 2.38 bits per heavy atom. The van der Waals surface area contributed by atoms with Crippen LogP contribution in [0.1, 0.15) is 36.8 Å². The molecule has 0 radical (unpaired) electrons. The lowest BCUT2D eigenvalue weighted by molar-refractivity contribution is -0.110. The first-order chi connectivity index (χ1) is 14.2. The van der Waals surface area contributed by atoms with E-state index in [1.165, 1.54) is 44.5 Å². The van der Waals surface area contributed by atoms with Crippen molar-refractivity contribution in [2.24, 2.45) is 0 Å². The van der Waals surface area contributed by atoms with Crippen molar-refractivity contribution in [3.8, 4) is 11.5 Å². The van der Waals surface area contributed by atoms with E-state index in [0.717, 1.165) is 29.8 Å². The quantitative estimate of drug-likeness (QED) is 0.486. The minimum atomic E-state index is -0.110. The second-order valence-corrected chi connectivity index (χ2v) is 7.34. The second kappa shape index (κ2) is 11.2. The van der Waals surface area contributed by atoms with Gasteiger partial charge in [-0.05, 0) is 79.9 Å². The fourth-order valence-electron chi connectivity index (χ4n) is 3.41. The molecule has 0 unspecified atom stereocenters. The van der Waals surface area contributed by atoms with E-state index < -0.39 is 0 Å². The zero-order valence-corrected chi connectivity index (χ0v) is 16.8. The van der Waals surface area contributed by atoms with E-state index >= 15 is 0 Å². The van der Waals surface area contributed by atoms with Crippen LogP contribution < -0.4 is 4.74 Å². The summed E-state index contributed by atoms with van der Waals surface area (Å²) in [5.74, 6) is 0.901. The van der Waals surface area contributed by atoms with Crippen molar-refractivity contribution in [3.63, 3.8) is 0 Å². The van der Waals surface area contributed by atoms with Gasteiger partial charge in [0.25, 0.3) is 0 Å². The Bertz CT molecular complexity index is 851. The molecule has 2 aromatic carbocycles. The summed E-state index contributed by atoms with van der Waals surface area (Å²) in [6, 6.07) is 14.6. The molecule has 29 heavy (non-hydrogen) atoms. The van der Waals surface area contributed by atoms with Crippen LogP contribution in [0.25, 0.3) is 12.2 Å². The molecule has 0 spiro atoms. The molecule has 0 aromatic heterocycles. The normalized spacial score (nSPS) is 15.2. The molecule has 1 aliphatic rings. The number of phenols is 1. The summed E-state index contributed by atoms with van der Waals surface area (Å²) in [5.41, 5.74) is 1.71. The number of ether oxygens (including phenoxy) is 1. The molecule has 1 heterocycles. The average molecular weight is 392 g/mol. The summed E-state index contributed by atoms with van der Waals surface area (Å²) < 4.78 is 5.88. The van der Waals surface area contributed by atoms with Crippen molar-refractivity contribution >= 4 is 17.9 Å². The lowest BCUT2D eigenvalue weighted by atomic mass is 10.1. The number of hydrogen-bond acceptors (Lipinski definition) is 4. The summed E-state index contributed by atoms with van der Waals surface area (Å²) >= 11 is 0. The van der Waals surface area contributed by atoms with E-state index in [1.807, 2.05) is 30.3 Å². The second-order valence-electron chi connectivity index (χ2n) is 7.34. The largest absolute Gasteiger partial charge is 0.508 e. The van der Waals surface area contributed by atoms with Crippen molar-refractivity contribution in [2.45, 2.75) is 25.7 Å². The summed E-state index contributed by atoms with van der Waals surface area (Å²) in [4.78, 5) is 14.6. The van der Waals surface area contributed by atoms with Gasteiger partial charge in [0, 0.05) is 6.54 Å². The monoisotopic (exact) mass is 391 g/mol. The van der Waals surface area contributed by atoms with E-state index in [1.54, 1.807) is 30.4 Å². The number of ketones is 1. The van der Waals surface area contributed by atoms with Gasteiger partial charge in [-0.25, -0.2) is 0 Å². The Hall–Kier alpha value is -2.85. The topological polar surface area (TPSA) is 49.8 Å². The highest BCUT2D eigenvalue weighted by atomic mass is 16.5. The molecule has 1 N–H and O–H groups in total. The van der Waals surface area contributed by atoms with Crippen molar-refractivity contribution in [2.75, 3.05) is 26.2 Å². The smallest absolute Gasteiger partial charge is 0.178 e. The molecule has 4 nitrogen and oxygen atoms in total. The van der Waals surface area contributed by atoms with Crippen LogP contribution in [0.2, 0.25) is 0 Å². The summed E-state index contributed by atoms with van der Waals surface area (Å²) in [5, 5.41) is 9.45. The number of rotatable bonds is 9. The first-order valence-corrected chi connectivity index (χ1v) is 10.3. The zero-order valence-electron chi connectivity index (χ0n) is 16.8. The van der Waals surface area contributed by atoms with Gasteiger partial charge in [0.15, 0.2) is 5.78 Å². The van der Waals surface area contributed by atoms with E-state index in [0.29, 0.717) is 6.61 Å². The molecule has 3 rings (SSSR count). The van der Waals surface area contributed by atoms with Gasteiger partial charge in [0.1, 0.15) is 11.5 Å². The Balaban J connectivity index is 1.45. The van der Waals surface area contributed by atoms with E-state index in [-0.39, 0.29) is 11.5 Å². The number of hydrogen-bond donors (Lipinski definition) is 1. The Kier molecular flexibility index (Phi) is 8.08. The predicted octanol–water partition coefficient (Wildman–Crippen LogP) is 4.94. The number of phenolic OH excluding ortho intramolecular Hbond substituents is 1. The zero-order chi connectivity index (χ0) is 20.3. The number of benzene rings is 2. The van der Waals surface area contributed by atoms with Gasteiger partial charge in [-0.3, -0.25) is 4.79 Å². The predicted molar refractivity (Wildman–Crippen MR) is 118 cm³/mol. The Morgan fingerprint density at radius 2 is 1.66 bits per heavy atom. The molecule has 152 valence electrons. The van der Waals surface area contributed by atoms with Crippen LogP contribution in [0, 0.1) is 0 Å². The molecule has 4 heteroatoms. The molecule has 0 atom stereocenters. The summed E-state index contributed by atoms with van der Waals surface area (Å²) in [6.07, 6.45) is 11.5. The molecular formula is C25H29NO3. The van der Waals surface area contributed by atoms with Crippen LogP contribution in [0.3, 0.4) is 0 Å². The number of carbonyl (C=O) groups excluding carboxylic acids is 1. The number of aromatic hydroxyl groups is 1. The van der Waals surface area contributed by atoms with Crippen LogP contribution in [0.5, 0.6) is 11.5 Å².